The molecule has 0 amide bonds. The van der Waals surface area contributed by atoms with Crippen LogP contribution in [0.2, 0.25) is 0 Å². The van der Waals surface area contributed by atoms with Crippen LogP contribution in [0.3, 0.4) is 0 Å². The highest BCUT2D eigenvalue weighted by Crippen LogP contribution is 2.45. The number of para-hydroxylation sites is 3. The fraction of sp³-hybridized carbons (Fsp3) is 0. The summed E-state index contributed by atoms with van der Waals surface area (Å²) in [4.78, 5) is 0. The van der Waals surface area contributed by atoms with Gasteiger partial charge in [-0.3, -0.25) is 0 Å². The monoisotopic (exact) mass is 375 g/mol. The summed E-state index contributed by atoms with van der Waals surface area (Å²) < 4.78 is 17.9. The van der Waals surface area contributed by atoms with E-state index in [1.54, 1.807) is 6.07 Å². The minimum absolute atomic E-state index is 0.566. The lowest BCUT2D eigenvalue weighted by Gasteiger charge is -2.22. The molecule has 1 aliphatic heterocycles. The lowest BCUT2D eigenvalue weighted by atomic mass is 9.93. The number of rotatable bonds is 2. The average Bonchev–Trinajstić information content (AvgIpc) is 3.11. The number of hydrogen-bond acceptors (Lipinski definition) is 4. The molecule has 2 heterocycles. The highest BCUT2D eigenvalue weighted by Gasteiger charge is 2.20. The Morgan fingerprint density at radius 2 is 1.31 bits per heavy atom. The standard InChI is InChI=1S/C24H14BNO3/c25-17-12-23-24(29-21-8-4-3-7-20(21)28-23)13-18(17)26-14-9-10-16-15-5-1-2-6-19(15)27-22(16)11-14/h1-13,26H. The molecule has 4 nitrogen and oxygen atoms in total. The molecular formula is C24H14BNO3. The minimum atomic E-state index is 0.566. The van der Waals surface area contributed by atoms with Crippen LogP contribution < -0.4 is 20.3 Å². The molecule has 136 valence electrons. The molecule has 2 radical (unpaired) electrons. The van der Waals surface area contributed by atoms with E-state index in [4.69, 9.17) is 21.7 Å². The first-order valence-corrected chi connectivity index (χ1v) is 9.31. The largest absolute Gasteiger partial charge is 0.456 e. The van der Waals surface area contributed by atoms with E-state index in [1.165, 1.54) is 0 Å². The molecule has 0 atom stereocenters. The number of furan rings is 1. The molecule has 0 saturated heterocycles. The second-order valence-corrected chi connectivity index (χ2v) is 6.97. The van der Waals surface area contributed by atoms with Gasteiger partial charge in [0.2, 0.25) is 0 Å². The Hall–Kier alpha value is -3.86. The van der Waals surface area contributed by atoms with Crippen molar-refractivity contribution < 1.29 is 13.9 Å². The Morgan fingerprint density at radius 1 is 0.621 bits per heavy atom. The van der Waals surface area contributed by atoms with Crippen LogP contribution in [0.5, 0.6) is 23.0 Å². The summed E-state index contributed by atoms with van der Waals surface area (Å²) in [5.41, 5.74) is 3.87. The van der Waals surface area contributed by atoms with Crippen molar-refractivity contribution in [3.8, 4) is 23.0 Å². The highest BCUT2D eigenvalue weighted by atomic mass is 16.6. The zero-order valence-corrected chi connectivity index (χ0v) is 15.3. The summed E-state index contributed by atoms with van der Waals surface area (Å²) in [5, 5.41) is 5.55. The molecule has 29 heavy (non-hydrogen) atoms. The zero-order chi connectivity index (χ0) is 19.4. The summed E-state index contributed by atoms with van der Waals surface area (Å²) in [6.07, 6.45) is 0. The van der Waals surface area contributed by atoms with Crippen molar-refractivity contribution in [3.63, 3.8) is 0 Å². The molecule has 0 saturated carbocycles. The molecule has 0 fully saturated rings. The van der Waals surface area contributed by atoms with E-state index in [9.17, 15) is 0 Å². The SMILES string of the molecule is [B]c1cc2c(cc1Nc1ccc3c(c1)oc1ccccc13)Oc1ccccc1O2. The Bertz CT molecular complexity index is 1410. The number of anilines is 2. The molecule has 0 bridgehead atoms. The van der Waals surface area contributed by atoms with Crippen LogP contribution in [-0.4, -0.2) is 7.85 Å². The summed E-state index contributed by atoms with van der Waals surface area (Å²) in [5.74, 6) is 2.57. The van der Waals surface area contributed by atoms with Crippen molar-refractivity contribution in [2.24, 2.45) is 0 Å². The Labute approximate surface area is 168 Å². The van der Waals surface area contributed by atoms with Gasteiger partial charge in [0.15, 0.2) is 23.0 Å². The van der Waals surface area contributed by atoms with Gasteiger partial charge in [-0.15, -0.1) is 0 Å². The van der Waals surface area contributed by atoms with Crippen LogP contribution >= 0.6 is 0 Å². The summed E-state index contributed by atoms with van der Waals surface area (Å²) in [6, 6.07) is 25.2. The first kappa shape index (κ1) is 16.1. The van der Waals surface area contributed by atoms with Crippen molar-refractivity contribution >= 4 is 46.6 Å². The van der Waals surface area contributed by atoms with Crippen LogP contribution in [0.15, 0.2) is 83.3 Å². The molecule has 5 heteroatoms. The highest BCUT2D eigenvalue weighted by molar-refractivity contribution is 6.36. The molecule has 1 N–H and O–H groups in total. The van der Waals surface area contributed by atoms with E-state index < -0.39 is 0 Å². The second kappa shape index (κ2) is 6.07. The molecule has 1 aliphatic rings. The second-order valence-electron chi connectivity index (χ2n) is 6.97. The van der Waals surface area contributed by atoms with E-state index in [0.29, 0.717) is 28.5 Å². The third-order valence-corrected chi connectivity index (χ3v) is 5.06. The molecule has 1 aromatic heterocycles. The van der Waals surface area contributed by atoms with Gasteiger partial charge in [-0.2, -0.15) is 0 Å². The Kier molecular flexibility index (Phi) is 3.38. The van der Waals surface area contributed by atoms with Gasteiger partial charge in [0.1, 0.15) is 19.0 Å². The fourth-order valence-electron chi connectivity index (χ4n) is 3.66. The van der Waals surface area contributed by atoms with Gasteiger partial charge in [0.25, 0.3) is 0 Å². The van der Waals surface area contributed by atoms with Crippen molar-refractivity contribution in [1.82, 2.24) is 0 Å². The number of nitrogens with one attached hydrogen (secondary N) is 1. The van der Waals surface area contributed by atoms with E-state index in [1.807, 2.05) is 66.7 Å². The maximum absolute atomic E-state index is 6.26. The van der Waals surface area contributed by atoms with Crippen molar-refractivity contribution in [2.75, 3.05) is 5.32 Å². The lowest BCUT2D eigenvalue weighted by molar-refractivity contribution is 0.360. The topological polar surface area (TPSA) is 43.6 Å². The van der Waals surface area contributed by atoms with E-state index >= 15 is 0 Å². The molecular weight excluding hydrogens is 361 g/mol. The van der Waals surface area contributed by atoms with Crippen LogP contribution in [0.1, 0.15) is 0 Å². The van der Waals surface area contributed by atoms with Gasteiger partial charge in [-0.05, 0) is 36.4 Å². The van der Waals surface area contributed by atoms with E-state index in [2.05, 4.69) is 11.4 Å². The van der Waals surface area contributed by atoms with Gasteiger partial charge in [-0.1, -0.05) is 35.8 Å². The normalized spacial score (nSPS) is 12.1. The Balaban J connectivity index is 1.37. The van der Waals surface area contributed by atoms with Crippen LogP contribution in [0.4, 0.5) is 11.4 Å². The van der Waals surface area contributed by atoms with Gasteiger partial charge in [0.05, 0.1) is 0 Å². The minimum Gasteiger partial charge on any atom is -0.456 e. The summed E-state index contributed by atoms with van der Waals surface area (Å²) in [7, 11) is 6.26. The molecule has 4 aromatic carbocycles. The maximum Gasteiger partial charge on any atom is 0.172 e. The molecule has 0 unspecified atom stereocenters. The summed E-state index contributed by atoms with van der Waals surface area (Å²) in [6.45, 7) is 0. The smallest absolute Gasteiger partial charge is 0.172 e. The third-order valence-electron chi connectivity index (χ3n) is 5.06. The quantitative estimate of drug-likeness (QED) is 0.376. The van der Waals surface area contributed by atoms with Crippen molar-refractivity contribution in [1.29, 1.82) is 0 Å². The first-order chi connectivity index (χ1) is 14.2. The molecule has 5 aromatic rings. The lowest BCUT2D eigenvalue weighted by Crippen LogP contribution is -2.12. The van der Waals surface area contributed by atoms with Gasteiger partial charge in [0, 0.05) is 34.3 Å². The van der Waals surface area contributed by atoms with Crippen LogP contribution in [0.25, 0.3) is 21.9 Å². The van der Waals surface area contributed by atoms with Gasteiger partial charge >= 0.3 is 0 Å². The molecule has 0 aliphatic carbocycles. The summed E-state index contributed by atoms with van der Waals surface area (Å²) >= 11 is 0. The first-order valence-electron chi connectivity index (χ1n) is 9.31. The van der Waals surface area contributed by atoms with Crippen molar-refractivity contribution in [2.45, 2.75) is 0 Å². The Morgan fingerprint density at radius 3 is 2.14 bits per heavy atom. The molecule has 0 spiro atoms. The molecule has 6 rings (SSSR count). The fourth-order valence-corrected chi connectivity index (χ4v) is 3.66. The average molecular weight is 375 g/mol. The maximum atomic E-state index is 6.26. The van der Waals surface area contributed by atoms with Crippen molar-refractivity contribution in [3.05, 3.63) is 78.9 Å². The van der Waals surface area contributed by atoms with Crippen LogP contribution in [0, 0.1) is 0 Å². The third kappa shape index (κ3) is 2.63. The number of fused-ring (bicyclic) bond motifs is 5. The predicted molar refractivity (Wildman–Crippen MR) is 115 cm³/mol. The predicted octanol–water partition coefficient (Wildman–Crippen LogP) is 6.02. The van der Waals surface area contributed by atoms with Crippen LogP contribution in [-0.2, 0) is 0 Å². The van der Waals surface area contributed by atoms with E-state index in [-0.39, 0.29) is 0 Å². The zero-order valence-electron chi connectivity index (χ0n) is 15.3. The number of hydrogen-bond donors (Lipinski definition) is 1. The number of ether oxygens (including phenoxy) is 2. The number of benzene rings is 4. The van der Waals surface area contributed by atoms with E-state index in [0.717, 1.165) is 33.3 Å². The van der Waals surface area contributed by atoms with Gasteiger partial charge < -0.3 is 19.2 Å². The van der Waals surface area contributed by atoms with Gasteiger partial charge in [-0.25, -0.2) is 0 Å².